The molecular weight excluding hydrogens is 386 g/mol. The highest BCUT2D eigenvalue weighted by atomic mass is 15.5. The molecule has 0 amide bonds. The van der Waals surface area contributed by atoms with Gasteiger partial charge in [-0.1, -0.05) is 22.6 Å². The maximum Gasteiger partial charge on any atom is 0.0967 e. The molecule has 0 aliphatic rings. The lowest BCUT2D eigenvalue weighted by Gasteiger charge is -2.24. The van der Waals surface area contributed by atoms with Crippen LogP contribution in [0.15, 0.2) is 30.5 Å². The largest absolute Gasteiger partial charge is 0.403 e. The first-order chi connectivity index (χ1) is 14.5. The van der Waals surface area contributed by atoms with Crippen LogP contribution in [-0.2, 0) is 39.6 Å². The summed E-state index contributed by atoms with van der Waals surface area (Å²) in [6.07, 6.45) is 8.13. The van der Waals surface area contributed by atoms with Gasteiger partial charge in [0.05, 0.1) is 35.9 Å². The molecule has 13 nitrogen and oxygen atoms in total. The number of hydrogen-bond acceptors (Lipinski definition) is 10. The zero-order valence-electron chi connectivity index (χ0n) is 17.6. The molecule has 13 heteroatoms. The highest BCUT2D eigenvalue weighted by Gasteiger charge is 2.15. The molecule has 4 N–H and O–H groups in total. The summed E-state index contributed by atoms with van der Waals surface area (Å²) in [7, 11) is 3.59. The lowest BCUT2D eigenvalue weighted by Crippen LogP contribution is -2.35. The maximum atomic E-state index is 5.88. The van der Waals surface area contributed by atoms with Gasteiger partial charge < -0.3 is 10.7 Å². The smallest absolute Gasteiger partial charge is 0.0967 e. The number of aryl methyl sites for hydroxylation is 4. The minimum absolute atomic E-state index is 0.533. The zero-order valence-corrected chi connectivity index (χ0v) is 17.6. The van der Waals surface area contributed by atoms with Gasteiger partial charge in [-0.3, -0.25) is 18.9 Å². The Morgan fingerprint density at radius 3 is 2.03 bits per heavy atom. The SMILES string of the molecule is CCc1cn(CCn2cc(CN(C/C(=C/N)N(C)N)Cc3cn(C)nn3)nn2)nn1. The first-order valence-corrected chi connectivity index (χ1v) is 9.71. The summed E-state index contributed by atoms with van der Waals surface area (Å²) in [5, 5.41) is 26.4. The third-order valence-corrected chi connectivity index (χ3v) is 4.54. The normalized spacial score (nSPS) is 12.1. The van der Waals surface area contributed by atoms with Crippen LogP contribution in [0.4, 0.5) is 0 Å². The summed E-state index contributed by atoms with van der Waals surface area (Å²) >= 11 is 0. The van der Waals surface area contributed by atoms with Gasteiger partial charge in [-0.05, 0) is 6.42 Å². The van der Waals surface area contributed by atoms with E-state index < -0.39 is 0 Å². The van der Waals surface area contributed by atoms with E-state index in [1.54, 1.807) is 16.4 Å². The van der Waals surface area contributed by atoms with Crippen molar-refractivity contribution in [1.82, 2.24) is 54.9 Å². The molecule has 3 aromatic rings. The summed E-state index contributed by atoms with van der Waals surface area (Å²) in [5.74, 6) is 5.88. The average molecular weight is 416 g/mol. The van der Waals surface area contributed by atoms with Gasteiger partial charge in [-0.2, -0.15) is 0 Å². The van der Waals surface area contributed by atoms with Gasteiger partial charge in [-0.25, -0.2) is 5.84 Å². The van der Waals surface area contributed by atoms with E-state index >= 15 is 0 Å². The summed E-state index contributed by atoms with van der Waals surface area (Å²) < 4.78 is 5.29. The number of rotatable bonds is 11. The molecule has 0 atom stereocenters. The summed E-state index contributed by atoms with van der Waals surface area (Å²) in [6, 6.07) is 0. The second-order valence-electron chi connectivity index (χ2n) is 7.10. The standard InChI is InChI=1S/C17H29N13/c1-4-14-11-29(24-20-14)5-6-30-12-16(22-25-30)10-28(13-17(7-18)27(3)19)9-15-8-26(2)23-21-15/h7-8,11-12H,4-6,9-10,13,18-19H2,1-3H3/b17-7-. The van der Waals surface area contributed by atoms with Crippen molar-refractivity contribution in [2.75, 3.05) is 13.6 Å². The lowest BCUT2D eigenvalue weighted by atomic mass is 10.3. The van der Waals surface area contributed by atoms with Crippen LogP contribution in [0.5, 0.6) is 0 Å². The maximum absolute atomic E-state index is 5.88. The van der Waals surface area contributed by atoms with Crippen LogP contribution in [0.2, 0.25) is 0 Å². The number of likely N-dealkylation sites (N-methyl/N-ethyl adjacent to an activating group) is 1. The predicted molar refractivity (Wildman–Crippen MR) is 109 cm³/mol. The van der Waals surface area contributed by atoms with E-state index in [0.717, 1.165) is 29.2 Å². The average Bonchev–Trinajstić information content (AvgIpc) is 3.45. The van der Waals surface area contributed by atoms with Gasteiger partial charge in [0.2, 0.25) is 0 Å². The third kappa shape index (κ3) is 5.84. The van der Waals surface area contributed by atoms with Crippen LogP contribution >= 0.6 is 0 Å². The van der Waals surface area contributed by atoms with Crippen LogP contribution in [-0.4, -0.2) is 68.5 Å². The molecule has 0 radical (unpaired) electrons. The monoisotopic (exact) mass is 415 g/mol. The molecule has 0 spiro atoms. The minimum Gasteiger partial charge on any atom is -0.403 e. The molecule has 0 aliphatic heterocycles. The van der Waals surface area contributed by atoms with E-state index in [1.807, 2.05) is 30.3 Å². The van der Waals surface area contributed by atoms with Crippen molar-refractivity contribution in [1.29, 1.82) is 0 Å². The first-order valence-electron chi connectivity index (χ1n) is 9.71. The fourth-order valence-corrected chi connectivity index (χ4v) is 2.94. The quantitative estimate of drug-likeness (QED) is 0.291. The zero-order chi connectivity index (χ0) is 21.5. The van der Waals surface area contributed by atoms with E-state index in [4.69, 9.17) is 11.6 Å². The van der Waals surface area contributed by atoms with Crippen LogP contribution in [0, 0.1) is 0 Å². The van der Waals surface area contributed by atoms with Crippen molar-refractivity contribution in [3.8, 4) is 0 Å². The molecule has 3 heterocycles. The number of hydrogen-bond donors (Lipinski definition) is 2. The van der Waals surface area contributed by atoms with Crippen molar-refractivity contribution >= 4 is 0 Å². The number of nitrogens with two attached hydrogens (primary N) is 2. The summed E-state index contributed by atoms with van der Waals surface area (Å²) in [4.78, 5) is 2.13. The molecule has 162 valence electrons. The van der Waals surface area contributed by atoms with Gasteiger partial charge in [0.15, 0.2) is 0 Å². The van der Waals surface area contributed by atoms with Gasteiger partial charge in [-0.15, -0.1) is 15.3 Å². The van der Waals surface area contributed by atoms with Gasteiger partial charge in [0.25, 0.3) is 0 Å². The number of hydrazine groups is 1. The molecule has 0 fully saturated rings. The molecule has 3 aromatic heterocycles. The van der Waals surface area contributed by atoms with Crippen LogP contribution in [0.1, 0.15) is 24.0 Å². The van der Waals surface area contributed by atoms with Crippen molar-refractivity contribution in [3.05, 3.63) is 47.6 Å². The van der Waals surface area contributed by atoms with E-state index in [0.29, 0.717) is 32.7 Å². The Morgan fingerprint density at radius 2 is 1.53 bits per heavy atom. The Balaban J connectivity index is 1.64. The number of nitrogens with zero attached hydrogens (tertiary/aromatic N) is 11. The Labute approximate surface area is 174 Å². The van der Waals surface area contributed by atoms with E-state index in [1.165, 1.54) is 11.2 Å². The van der Waals surface area contributed by atoms with Crippen LogP contribution in [0.3, 0.4) is 0 Å². The lowest BCUT2D eigenvalue weighted by molar-refractivity contribution is 0.244. The Kier molecular flexibility index (Phi) is 7.08. The second-order valence-corrected chi connectivity index (χ2v) is 7.10. The third-order valence-electron chi connectivity index (χ3n) is 4.54. The van der Waals surface area contributed by atoms with Crippen molar-refractivity contribution in [3.63, 3.8) is 0 Å². The Bertz CT molecular complexity index is 950. The topological polar surface area (TPSA) is 151 Å². The van der Waals surface area contributed by atoms with Crippen molar-refractivity contribution in [2.45, 2.75) is 39.5 Å². The molecule has 0 unspecified atom stereocenters. The van der Waals surface area contributed by atoms with Crippen molar-refractivity contribution < 1.29 is 0 Å². The van der Waals surface area contributed by atoms with Crippen molar-refractivity contribution in [2.24, 2.45) is 18.6 Å². The molecule has 0 saturated carbocycles. The Morgan fingerprint density at radius 1 is 0.967 bits per heavy atom. The van der Waals surface area contributed by atoms with Gasteiger partial charge in [0.1, 0.15) is 0 Å². The van der Waals surface area contributed by atoms with Crippen LogP contribution < -0.4 is 11.6 Å². The van der Waals surface area contributed by atoms with Gasteiger partial charge in [0, 0.05) is 58.5 Å². The van der Waals surface area contributed by atoms with Crippen LogP contribution in [0.25, 0.3) is 0 Å². The minimum atomic E-state index is 0.533. The molecule has 0 saturated heterocycles. The molecule has 0 aromatic carbocycles. The highest BCUT2D eigenvalue weighted by molar-refractivity contribution is 5.03. The molecule has 30 heavy (non-hydrogen) atoms. The fourth-order valence-electron chi connectivity index (χ4n) is 2.94. The molecule has 0 bridgehead atoms. The van der Waals surface area contributed by atoms with E-state index in [2.05, 4.69) is 42.8 Å². The summed E-state index contributed by atoms with van der Waals surface area (Å²) in [5.41, 5.74) is 9.17. The highest BCUT2D eigenvalue weighted by Crippen LogP contribution is 2.10. The van der Waals surface area contributed by atoms with Gasteiger partial charge >= 0.3 is 0 Å². The fraction of sp³-hybridized carbons (Fsp3) is 0.529. The first kappa shape index (κ1) is 21.4. The van der Waals surface area contributed by atoms with E-state index in [-0.39, 0.29) is 0 Å². The molecular formula is C17H29N13. The molecule has 3 rings (SSSR count). The molecule has 0 aliphatic carbocycles. The summed E-state index contributed by atoms with van der Waals surface area (Å²) in [6.45, 7) is 5.06. The number of aromatic nitrogens is 9. The Hall–Kier alpha value is -3.32. The van der Waals surface area contributed by atoms with E-state index in [9.17, 15) is 0 Å². The second kappa shape index (κ2) is 9.93. The predicted octanol–water partition coefficient (Wildman–Crippen LogP) is -1.13.